The normalized spacial score (nSPS) is 25.5. The Morgan fingerprint density at radius 1 is 1.41 bits per heavy atom. The molecule has 4 heteroatoms. The molecule has 0 radical (unpaired) electrons. The van der Waals surface area contributed by atoms with E-state index in [2.05, 4.69) is 0 Å². The van der Waals surface area contributed by atoms with Crippen molar-refractivity contribution in [2.24, 2.45) is 11.7 Å². The highest BCUT2D eigenvalue weighted by molar-refractivity contribution is 5.67. The van der Waals surface area contributed by atoms with Crippen molar-refractivity contribution < 1.29 is 9.53 Å². The summed E-state index contributed by atoms with van der Waals surface area (Å²) < 4.78 is 5.32. The van der Waals surface area contributed by atoms with Gasteiger partial charge in [-0.15, -0.1) is 0 Å². The van der Waals surface area contributed by atoms with Gasteiger partial charge in [0.1, 0.15) is 5.60 Å². The van der Waals surface area contributed by atoms with Crippen LogP contribution in [0.5, 0.6) is 0 Å². The van der Waals surface area contributed by atoms with E-state index >= 15 is 0 Å². The van der Waals surface area contributed by atoms with Gasteiger partial charge in [-0.05, 0) is 46.0 Å². The number of amides is 1. The summed E-state index contributed by atoms with van der Waals surface area (Å²) in [5.74, 6) is 0.524. The van der Waals surface area contributed by atoms with Crippen LogP contribution in [0.25, 0.3) is 0 Å². The monoisotopic (exact) mass is 242 g/mol. The summed E-state index contributed by atoms with van der Waals surface area (Å²) >= 11 is 0. The van der Waals surface area contributed by atoms with Crippen LogP contribution in [0.2, 0.25) is 0 Å². The van der Waals surface area contributed by atoms with Crippen molar-refractivity contribution in [2.45, 2.75) is 58.1 Å². The molecule has 0 aromatic heterocycles. The van der Waals surface area contributed by atoms with Gasteiger partial charge in [0.05, 0.1) is 0 Å². The van der Waals surface area contributed by atoms with Crippen LogP contribution in [-0.4, -0.2) is 36.2 Å². The van der Waals surface area contributed by atoms with E-state index in [9.17, 15) is 4.79 Å². The first kappa shape index (κ1) is 14.3. The van der Waals surface area contributed by atoms with Crippen LogP contribution in [0.3, 0.4) is 0 Å². The summed E-state index contributed by atoms with van der Waals surface area (Å²) in [7, 11) is 1.80. The van der Waals surface area contributed by atoms with Crippen LogP contribution < -0.4 is 5.73 Å². The largest absolute Gasteiger partial charge is 0.444 e. The fourth-order valence-corrected chi connectivity index (χ4v) is 2.30. The molecule has 2 atom stereocenters. The zero-order valence-electron chi connectivity index (χ0n) is 11.5. The summed E-state index contributed by atoms with van der Waals surface area (Å²) in [4.78, 5) is 13.5. The summed E-state index contributed by atoms with van der Waals surface area (Å²) in [5.41, 5.74) is 5.52. The molecule has 2 N–H and O–H groups in total. The van der Waals surface area contributed by atoms with E-state index in [4.69, 9.17) is 10.5 Å². The van der Waals surface area contributed by atoms with E-state index in [1.165, 1.54) is 12.8 Å². The third kappa shape index (κ3) is 5.39. The Bertz CT molecular complexity index is 261. The molecule has 0 saturated heterocycles. The van der Waals surface area contributed by atoms with Gasteiger partial charge in [-0.2, -0.15) is 0 Å². The van der Waals surface area contributed by atoms with Crippen molar-refractivity contribution in [1.82, 2.24) is 4.90 Å². The predicted molar refractivity (Wildman–Crippen MR) is 68.8 cm³/mol. The average molecular weight is 242 g/mol. The summed E-state index contributed by atoms with van der Waals surface area (Å²) in [6, 6.07) is 0.306. The maximum absolute atomic E-state index is 11.8. The lowest BCUT2D eigenvalue weighted by Gasteiger charge is -2.31. The van der Waals surface area contributed by atoms with Gasteiger partial charge in [0.25, 0.3) is 0 Å². The lowest BCUT2D eigenvalue weighted by atomic mass is 9.86. The quantitative estimate of drug-likeness (QED) is 0.808. The minimum atomic E-state index is -0.422. The summed E-state index contributed by atoms with van der Waals surface area (Å²) in [6.45, 7) is 6.41. The summed E-state index contributed by atoms with van der Waals surface area (Å²) in [5, 5.41) is 0. The third-order valence-electron chi connectivity index (χ3n) is 3.06. The molecule has 1 amide bonds. The van der Waals surface area contributed by atoms with Crippen molar-refractivity contribution in [1.29, 1.82) is 0 Å². The minimum absolute atomic E-state index is 0.239. The molecule has 4 nitrogen and oxygen atoms in total. The van der Waals surface area contributed by atoms with E-state index in [0.717, 1.165) is 19.4 Å². The second-order valence-electron chi connectivity index (χ2n) is 6.15. The molecule has 0 aromatic rings. The van der Waals surface area contributed by atoms with Gasteiger partial charge in [0, 0.05) is 19.6 Å². The highest BCUT2D eigenvalue weighted by Gasteiger charge is 2.24. The van der Waals surface area contributed by atoms with Gasteiger partial charge in [-0.1, -0.05) is 6.42 Å². The van der Waals surface area contributed by atoms with E-state index in [0.29, 0.717) is 12.0 Å². The molecular weight excluding hydrogens is 216 g/mol. The number of carbonyl (C=O) groups excluding carboxylic acids is 1. The Labute approximate surface area is 104 Å². The van der Waals surface area contributed by atoms with E-state index < -0.39 is 5.60 Å². The number of carbonyl (C=O) groups is 1. The van der Waals surface area contributed by atoms with Gasteiger partial charge >= 0.3 is 6.09 Å². The first-order valence-corrected chi connectivity index (χ1v) is 6.47. The van der Waals surface area contributed by atoms with Crippen LogP contribution in [0, 0.1) is 5.92 Å². The maximum atomic E-state index is 11.8. The fraction of sp³-hybridized carbons (Fsp3) is 0.923. The molecule has 1 saturated carbocycles. The zero-order chi connectivity index (χ0) is 13.1. The first-order chi connectivity index (χ1) is 7.78. The maximum Gasteiger partial charge on any atom is 0.410 e. The number of nitrogens with zero attached hydrogens (tertiary/aromatic N) is 1. The van der Waals surface area contributed by atoms with Crippen LogP contribution in [0.1, 0.15) is 46.5 Å². The third-order valence-corrected chi connectivity index (χ3v) is 3.06. The smallest absolute Gasteiger partial charge is 0.410 e. The molecule has 1 aliphatic rings. The average Bonchev–Trinajstić information content (AvgIpc) is 2.14. The molecule has 0 aliphatic heterocycles. The van der Waals surface area contributed by atoms with E-state index in [-0.39, 0.29) is 6.09 Å². The molecule has 1 fully saturated rings. The van der Waals surface area contributed by atoms with E-state index in [1.807, 2.05) is 20.8 Å². The van der Waals surface area contributed by atoms with Gasteiger partial charge in [0.2, 0.25) is 0 Å². The number of rotatable bonds is 2. The molecule has 17 heavy (non-hydrogen) atoms. The summed E-state index contributed by atoms with van der Waals surface area (Å²) in [6.07, 6.45) is 4.24. The highest BCUT2D eigenvalue weighted by atomic mass is 16.6. The molecule has 0 bridgehead atoms. The predicted octanol–water partition coefficient (Wildman–Crippen LogP) is 2.37. The van der Waals surface area contributed by atoms with Crippen LogP contribution in [-0.2, 0) is 4.74 Å². The SMILES string of the molecule is CN(CC1CCCC(N)C1)C(=O)OC(C)(C)C. The van der Waals surface area contributed by atoms with Crippen molar-refractivity contribution in [3.8, 4) is 0 Å². The Morgan fingerprint density at radius 3 is 2.59 bits per heavy atom. The first-order valence-electron chi connectivity index (χ1n) is 6.47. The van der Waals surface area contributed by atoms with E-state index in [1.54, 1.807) is 11.9 Å². The molecule has 100 valence electrons. The number of ether oxygens (including phenoxy) is 1. The molecule has 1 aliphatic carbocycles. The molecule has 0 aromatic carbocycles. The Hall–Kier alpha value is -0.770. The Morgan fingerprint density at radius 2 is 2.06 bits per heavy atom. The van der Waals surface area contributed by atoms with Crippen LogP contribution in [0.4, 0.5) is 4.79 Å². The van der Waals surface area contributed by atoms with Crippen molar-refractivity contribution in [2.75, 3.05) is 13.6 Å². The molecule has 2 unspecified atom stereocenters. The molecular formula is C13H26N2O2. The Kier molecular flexibility index (Phi) is 4.80. The lowest BCUT2D eigenvalue weighted by molar-refractivity contribution is 0.0260. The minimum Gasteiger partial charge on any atom is -0.444 e. The fourth-order valence-electron chi connectivity index (χ4n) is 2.30. The Balaban J connectivity index is 2.37. The number of nitrogens with two attached hydrogens (primary N) is 1. The molecule has 1 rings (SSSR count). The standard InChI is InChI=1S/C13H26N2O2/c1-13(2,3)17-12(16)15(4)9-10-6-5-7-11(14)8-10/h10-11H,5-9,14H2,1-4H3. The zero-order valence-corrected chi connectivity index (χ0v) is 11.5. The highest BCUT2D eigenvalue weighted by Crippen LogP contribution is 2.24. The topological polar surface area (TPSA) is 55.6 Å². The molecule has 0 spiro atoms. The lowest BCUT2D eigenvalue weighted by Crippen LogP contribution is -2.39. The van der Waals surface area contributed by atoms with Crippen LogP contribution in [0.15, 0.2) is 0 Å². The van der Waals surface area contributed by atoms with Crippen molar-refractivity contribution >= 4 is 6.09 Å². The second-order valence-corrected chi connectivity index (χ2v) is 6.15. The van der Waals surface area contributed by atoms with Gasteiger partial charge in [0.15, 0.2) is 0 Å². The second kappa shape index (κ2) is 5.71. The van der Waals surface area contributed by atoms with Gasteiger partial charge in [-0.3, -0.25) is 0 Å². The van der Waals surface area contributed by atoms with Crippen molar-refractivity contribution in [3.05, 3.63) is 0 Å². The van der Waals surface area contributed by atoms with Crippen molar-refractivity contribution in [3.63, 3.8) is 0 Å². The van der Waals surface area contributed by atoms with Gasteiger partial charge in [-0.25, -0.2) is 4.79 Å². The number of hydrogen-bond acceptors (Lipinski definition) is 3. The molecule has 0 heterocycles. The van der Waals surface area contributed by atoms with Gasteiger partial charge < -0.3 is 15.4 Å². The number of hydrogen-bond donors (Lipinski definition) is 1. The van der Waals surface area contributed by atoms with Crippen LogP contribution >= 0.6 is 0 Å².